The fraction of sp³-hybridized carbons (Fsp3) is 0.185. The van der Waals surface area contributed by atoms with E-state index in [2.05, 4.69) is 19.9 Å². The average molecular weight is 529 g/mol. The molecule has 1 aliphatic heterocycles. The number of benzene rings is 2. The summed E-state index contributed by atoms with van der Waals surface area (Å²) in [4.78, 5) is 51.9. The van der Waals surface area contributed by atoms with Crippen LogP contribution in [0.2, 0.25) is 0 Å². The van der Waals surface area contributed by atoms with E-state index in [1.165, 1.54) is 11.2 Å². The van der Waals surface area contributed by atoms with Crippen molar-refractivity contribution in [3.8, 4) is 0 Å². The van der Waals surface area contributed by atoms with E-state index in [9.17, 15) is 14.4 Å². The monoisotopic (exact) mass is 528 g/mol. The highest BCUT2D eigenvalue weighted by Gasteiger charge is 2.21. The summed E-state index contributed by atoms with van der Waals surface area (Å²) >= 11 is 0. The van der Waals surface area contributed by atoms with Gasteiger partial charge in [-0.3, -0.25) is 14.5 Å². The van der Waals surface area contributed by atoms with E-state index in [4.69, 9.17) is 16.6 Å². The van der Waals surface area contributed by atoms with Crippen LogP contribution in [0.5, 0.6) is 0 Å². The Bertz CT molecular complexity index is 1440. The molecule has 1 fully saturated rings. The van der Waals surface area contributed by atoms with Gasteiger partial charge >= 0.3 is 12.0 Å². The van der Waals surface area contributed by atoms with Crippen LogP contribution >= 0.6 is 0 Å². The number of nitrogen functional groups attached to an aromatic ring is 1. The topological polar surface area (TPSA) is 172 Å². The van der Waals surface area contributed by atoms with Crippen LogP contribution in [-0.2, 0) is 4.79 Å². The van der Waals surface area contributed by atoms with E-state index in [0.717, 1.165) is 24.3 Å². The first-order valence-electron chi connectivity index (χ1n) is 12.1. The first-order chi connectivity index (χ1) is 18.8. The number of hydrogen-bond donors (Lipinski definition) is 3. The van der Waals surface area contributed by atoms with Gasteiger partial charge in [-0.15, -0.1) is 0 Å². The zero-order chi connectivity index (χ0) is 27.8. The highest BCUT2D eigenvalue weighted by molar-refractivity contribution is 6.10. The molecule has 1 saturated heterocycles. The van der Waals surface area contributed by atoms with Crippen molar-refractivity contribution in [3.63, 3.8) is 0 Å². The molecule has 0 bridgehead atoms. The third-order valence-electron chi connectivity index (χ3n) is 6.13. The van der Waals surface area contributed by atoms with Crippen molar-refractivity contribution < 1.29 is 19.5 Å². The summed E-state index contributed by atoms with van der Waals surface area (Å²) in [6.45, 7) is 2.40. The number of carbonyl (C=O) groups excluding carboxylic acids is 2. The Labute approximate surface area is 224 Å². The molecule has 2 aromatic heterocycles. The van der Waals surface area contributed by atoms with Gasteiger partial charge in [0.2, 0.25) is 0 Å². The van der Waals surface area contributed by atoms with Gasteiger partial charge < -0.3 is 26.4 Å². The molecule has 4 aromatic rings. The maximum Gasteiger partial charge on any atom is 0.323 e. The number of primary amides is 1. The quantitative estimate of drug-likeness (QED) is 0.351. The molecule has 0 saturated carbocycles. The molecule has 2 aromatic carbocycles. The van der Waals surface area contributed by atoms with Gasteiger partial charge in [0.25, 0.3) is 5.91 Å². The van der Waals surface area contributed by atoms with Gasteiger partial charge in [0, 0.05) is 55.2 Å². The summed E-state index contributed by atoms with van der Waals surface area (Å²) < 4.78 is 0. The summed E-state index contributed by atoms with van der Waals surface area (Å²) in [5.41, 5.74) is 11.9. The van der Waals surface area contributed by atoms with Gasteiger partial charge in [0.05, 0.1) is 0 Å². The molecule has 200 valence electrons. The number of rotatable bonds is 5. The van der Waals surface area contributed by atoms with Crippen molar-refractivity contribution in [3.05, 3.63) is 84.9 Å². The molecule has 12 nitrogen and oxygen atoms in total. The zero-order valence-electron chi connectivity index (χ0n) is 21.1. The van der Waals surface area contributed by atoms with Gasteiger partial charge in [-0.25, -0.2) is 19.7 Å². The Balaban J connectivity index is 0.000000202. The fourth-order valence-corrected chi connectivity index (χ4v) is 4.13. The number of anilines is 3. The number of nitrogens with two attached hydrogens (primary N) is 2. The summed E-state index contributed by atoms with van der Waals surface area (Å²) in [5, 5.41) is 10.7. The van der Waals surface area contributed by atoms with Crippen LogP contribution < -0.4 is 21.3 Å². The van der Waals surface area contributed by atoms with Crippen LogP contribution in [0.25, 0.3) is 10.8 Å². The number of urea groups is 1. The van der Waals surface area contributed by atoms with Crippen molar-refractivity contribution in [2.45, 2.75) is 0 Å². The lowest BCUT2D eigenvalue weighted by Crippen LogP contribution is -2.50. The van der Waals surface area contributed by atoms with Crippen molar-refractivity contribution in [2.75, 3.05) is 48.3 Å². The molecule has 5 N–H and O–H groups in total. The van der Waals surface area contributed by atoms with E-state index >= 15 is 0 Å². The second-order valence-corrected chi connectivity index (χ2v) is 8.63. The maximum atomic E-state index is 12.8. The molecule has 0 spiro atoms. The molecule has 5 rings (SSSR count). The number of amides is 3. The molecule has 3 amide bonds. The highest BCUT2D eigenvalue weighted by atomic mass is 16.4. The van der Waals surface area contributed by atoms with Gasteiger partial charge in [-0.1, -0.05) is 24.3 Å². The van der Waals surface area contributed by atoms with Crippen molar-refractivity contribution in [1.82, 2.24) is 19.9 Å². The molecule has 0 radical (unpaired) electrons. The molecule has 0 atom stereocenters. The summed E-state index contributed by atoms with van der Waals surface area (Å²) in [5.74, 6) is -0.274. The molecule has 0 unspecified atom stereocenters. The fourth-order valence-electron chi connectivity index (χ4n) is 4.13. The normalized spacial score (nSPS) is 12.8. The lowest BCUT2D eigenvalue weighted by Gasteiger charge is -2.34. The number of para-hydroxylation sites is 1. The second-order valence-electron chi connectivity index (χ2n) is 8.63. The van der Waals surface area contributed by atoms with Gasteiger partial charge in [0.15, 0.2) is 0 Å². The standard InChI is InChI=1S/C18H15N3O3.C9H13N5O/c19-17-15-10-13(7-6-12(15)8-9-20-17)18(24)21(11-16(22)23)14-4-2-1-3-5-14;10-9(15)14-5-3-13(4-6-14)8-1-2-11-7-12-8/h1-10H,11H2,(H2,19,20)(H,22,23);1-2,7H,3-6H2,(H2,10,15). The number of carbonyl (C=O) groups is 3. The van der Waals surface area contributed by atoms with Crippen LogP contribution in [0, 0.1) is 0 Å². The van der Waals surface area contributed by atoms with Crippen LogP contribution in [0.15, 0.2) is 79.4 Å². The van der Waals surface area contributed by atoms with Gasteiger partial charge in [-0.05, 0) is 41.8 Å². The minimum atomic E-state index is -1.09. The molecular weight excluding hydrogens is 500 g/mol. The van der Waals surface area contributed by atoms with Gasteiger partial charge in [-0.2, -0.15) is 0 Å². The van der Waals surface area contributed by atoms with Gasteiger partial charge in [0.1, 0.15) is 24.5 Å². The summed E-state index contributed by atoms with van der Waals surface area (Å²) in [7, 11) is 0. The Morgan fingerprint density at radius 3 is 2.31 bits per heavy atom. The SMILES string of the molecule is NC(=O)N1CCN(c2ccncn2)CC1.Nc1nccc2ccc(C(=O)N(CC(=O)O)c3ccccc3)cc12. The Morgan fingerprint density at radius 1 is 0.923 bits per heavy atom. The van der Waals surface area contributed by atoms with Crippen LogP contribution in [0.1, 0.15) is 10.4 Å². The Hall–Kier alpha value is -5.26. The minimum Gasteiger partial charge on any atom is -0.480 e. The number of carboxylic acids is 1. The number of hydrogen-bond acceptors (Lipinski definition) is 8. The van der Waals surface area contributed by atoms with E-state index < -0.39 is 18.4 Å². The van der Waals surface area contributed by atoms with Crippen LogP contribution in [0.3, 0.4) is 0 Å². The first-order valence-corrected chi connectivity index (χ1v) is 12.1. The first kappa shape index (κ1) is 26.8. The zero-order valence-corrected chi connectivity index (χ0v) is 21.1. The summed E-state index contributed by atoms with van der Waals surface area (Å²) in [6, 6.07) is 17.1. The van der Waals surface area contributed by atoms with Crippen LogP contribution in [-0.4, -0.2) is 75.6 Å². The largest absolute Gasteiger partial charge is 0.480 e. The molecule has 3 heterocycles. The number of piperazine rings is 1. The highest BCUT2D eigenvalue weighted by Crippen LogP contribution is 2.23. The predicted octanol–water partition coefficient (Wildman–Crippen LogP) is 2.23. The van der Waals surface area contributed by atoms with E-state index in [-0.39, 0.29) is 6.03 Å². The average Bonchev–Trinajstić information content (AvgIpc) is 2.97. The number of aliphatic carboxylic acids is 1. The minimum absolute atomic E-state index is 0.326. The molecule has 0 aliphatic carbocycles. The second kappa shape index (κ2) is 12.3. The number of carboxylic acid groups (broad SMARTS) is 1. The molecule has 39 heavy (non-hydrogen) atoms. The lowest BCUT2D eigenvalue weighted by molar-refractivity contribution is -0.135. The Morgan fingerprint density at radius 2 is 1.67 bits per heavy atom. The molecule has 1 aliphatic rings. The third-order valence-corrected chi connectivity index (χ3v) is 6.13. The van der Waals surface area contributed by atoms with Crippen molar-refractivity contribution in [2.24, 2.45) is 5.73 Å². The number of fused-ring (bicyclic) bond motifs is 1. The number of aromatic nitrogens is 3. The molecular formula is C27H28N8O4. The maximum absolute atomic E-state index is 12.8. The summed E-state index contributed by atoms with van der Waals surface area (Å²) in [6.07, 6.45) is 4.83. The Kier molecular flexibility index (Phi) is 8.46. The van der Waals surface area contributed by atoms with E-state index in [0.29, 0.717) is 35.5 Å². The van der Waals surface area contributed by atoms with Crippen molar-refractivity contribution in [1.29, 1.82) is 0 Å². The predicted molar refractivity (Wildman–Crippen MR) is 147 cm³/mol. The van der Waals surface area contributed by atoms with Crippen LogP contribution in [0.4, 0.5) is 22.1 Å². The lowest BCUT2D eigenvalue weighted by atomic mass is 10.1. The smallest absolute Gasteiger partial charge is 0.323 e. The number of pyridine rings is 1. The van der Waals surface area contributed by atoms with E-state index in [1.54, 1.807) is 71.9 Å². The van der Waals surface area contributed by atoms with E-state index in [1.807, 2.05) is 6.07 Å². The number of nitrogens with zero attached hydrogens (tertiary/aromatic N) is 6. The van der Waals surface area contributed by atoms with Crippen molar-refractivity contribution >= 4 is 46.0 Å². The molecule has 12 heteroatoms. The third kappa shape index (κ3) is 6.74.